The Bertz CT molecular complexity index is 1700. The Balaban J connectivity index is 1.55. The summed E-state index contributed by atoms with van der Waals surface area (Å²) in [5, 5.41) is 8.48. The number of H-pyrrole nitrogens is 1. The molecular formula is C30H37ClFN9O. The highest BCUT2D eigenvalue weighted by Gasteiger charge is 2.36. The maximum Gasteiger partial charge on any atom is 0.228 e. The molecule has 2 aromatic heterocycles. The van der Waals surface area contributed by atoms with Crippen LogP contribution in [0.3, 0.4) is 0 Å². The van der Waals surface area contributed by atoms with Gasteiger partial charge in [-0.05, 0) is 52.6 Å². The summed E-state index contributed by atoms with van der Waals surface area (Å²) < 4.78 is 16.9. The Hall–Kier alpha value is -3.70. The van der Waals surface area contributed by atoms with E-state index >= 15 is 4.39 Å². The zero-order valence-electron chi connectivity index (χ0n) is 24.9. The van der Waals surface area contributed by atoms with E-state index in [-0.39, 0.29) is 39.9 Å². The van der Waals surface area contributed by atoms with Crippen LogP contribution in [0.5, 0.6) is 0 Å². The number of benzene rings is 2. The number of aromatic amines is 1. The van der Waals surface area contributed by atoms with Crippen LogP contribution in [0, 0.1) is 12.7 Å². The van der Waals surface area contributed by atoms with Crippen LogP contribution in [-0.4, -0.2) is 94.3 Å². The van der Waals surface area contributed by atoms with Crippen LogP contribution >= 0.6 is 11.6 Å². The fourth-order valence-electron chi connectivity index (χ4n) is 6.24. The van der Waals surface area contributed by atoms with E-state index in [0.29, 0.717) is 59.2 Å². The van der Waals surface area contributed by atoms with Gasteiger partial charge in [0.1, 0.15) is 11.3 Å². The molecular weight excluding hydrogens is 557 g/mol. The van der Waals surface area contributed by atoms with Crippen molar-refractivity contribution in [2.75, 3.05) is 55.8 Å². The van der Waals surface area contributed by atoms with E-state index in [0.717, 1.165) is 18.7 Å². The van der Waals surface area contributed by atoms with E-state index in [1.807, 2.05) is 51.9 Å². The molecule has 222 valence electrons. The molecule has 2 aliphatic rings. The number of aromatic nitrogens is 4. The zero-order valence-corrected chi connectivity index (χ0v) is 25.6. The third-order valence-corrected chi connectivity index (χ3v) is 9.12. The summed E-state index contributed by atoms with van der Waals surface area (Å²) in [5.41, 5.74) is 8.79. The molecule has 0 spiro atoms. The summed E-state index contributed by atoms with van der Waals surface area (Å²) in [4.78, 5) is 30.8. The number of nitrogens with one attached hydrogen (secondary N) is 1. The molecule has 2 fully saturated rings. The summed E-state index contributed by atoms with van der Waals surface area (Å²) in [6.45, 7) is 10.5. The molecule has 6 rings (SSSR count). The second-order valence-electron chi connectivity index (χ2n) is 11.9. The second kappa shape index (κ2) is 10.5. The summed E-state index contributed by atoms with van der Waals surface area (Å²) in [7, 11) is 4.10. The van der Waals surface area contributed by atoms with E-state index in [9.17, 15) is 4.79 Å². The van der Waals surface area contributed by atoms with Gasteiger partial charge in [0.05, 0.1) is 15.9 Å². The minimum atomic E-state index is -0.524. The predicted molar refractivity (Wildman–Crippen MR) is 167 cm³/mol. The number of rotatable bonds is 5. The van der Waals surface area contributed by atoms with E-state index < -0.39 is 5.82 Å². The number of nitrogens with two attached hydrogens (primary N) is 1. The lowest BCUT2D eigenvalue weighted by molar-refractivity contribution is -0.133. The van der Waals surface area contributed by atoms with Crippen molar-refractivity contribution < 1.29 is 9.18 Å². The number of anilines is 3. The number of hydrogen-bond donors (Lipinski definition) is 2. The molecule has 1 amide bonds. The summed E-state index contributed by atoms with van der Waals surface area (Å²) in [6, 6.07) is 5.82. The molecule has 0 unspecified atom stereocenters. The van der Waals surface area contributed by atoms with Crippen molar-refractivity contribution >= 4 is 56.9 Å². The summed E-state index contributed by atoms with van der Waals surface area (Å²) >= 11 is 6.93. The average molecular weight is 594 g/mol. The van der Waals surface area contributed by atoms with Gasteiger partial charge in [-0.25, -0.2) is 9.37 Å². The van der Waals surface area contributed by atoms with Gasteiger partial charge in [0.2, 0.25) is 11.9 Å². The van der Waals surface area contributed by atoms with Gasteiger partial charge in [0.15, 0.2) is 11.6 Å². The van der Waals surface area contributed by atoms with Crippen molar-refractivity contribution in [3.8, 4) is 11.1 Å². The number of piperazine rings is 1. The third-order valence-electron chi connectivity index (χ3n) is 8.82. The molecule has 0 radical (unpaired) electrons. The average Bonchev–Trinajstić information content (AvgIpc) is 3.30. The van der Waals surface area contributed by atoms with Crippen molar-refractivity contribution in [2.45, 2.75) is 52.2 Å². The molecule has 2 aromatic carbocycles. The molecule has 42 heavy (non-hydrogen) atoms. The first-order valence-electron chi connectivity index (χ1n) is 14.4. The van der Waals surface area contributed by atoms with Gasteiger partial charge in [0, 0.05) is 67.2 Å². The largest absolute Gasteiger partial charge is 0.382 e. The van der Waals surface area contributed by atoms with E-state index in [2.05, 4.69) is 31.8 Å². The minimum absolute atomic E-state index is 0.0341. The van der Waals surface area contributed by atoms with Crippen molar-refractivity contribution in [1.29, 1.82) is 0 Å². The maximum absolute atomic E-state index is 16.9. The van der Waals surface area contributed by atoms with Gasteiger partial charge in [-0.1, -0.05) is 24.6 Å². The number of halogens is 2. The lowest BCUT2D eigenvalue weighted by Gasteiger charge is -2.46. The van der Waals surface area contributed by atoms with Crippen molar-refractivity contribution in [3.05, 3.63) is 34.6 Å². The van der Waals surface area contributed by atoms with Crippen LogP contribution in [0.4, 0.5) is 22.0 Å². The number of likely N-dealkylation sites (N-methyl/N-ethyl adjacent to an activating group) is 1. The van der Waals surface area contributed by atoms with Gasteiger partial charge < -0.3 is 25.3 Å². The second-order valence-corrected chi connectivity index (χ2v) is 12.3. The fourth-order valence-corrected chi connectivity index (χ4v) is 6.53. The van der Waals surface area contributed by atoms with Gasteiger partial charge in [0.25, 0.3) is 0 Å². The van der Waals surface area contributed by atoms with E-state index in [1.165, 1.54) is 0 Å². The molecule has 2 aliphatic heterocycles. The highest BCUT2D eigenvalue weighted by atomic mass is 35.5. The lowest BCUT2D eigenvalue weighted by atomic mass is 9.94. The smallest absolute Gasteiger partial charge is 0.228 e. The Morgan fingerprint density at radius 1 is 1.14 bits per heavy atom. The monoisotopic (exact) mass is 593 g/mol. The Kier molecular flexibility index (Phi) is 7.13. The van der Waals surface area contributed by atoms with Crippen molar-refractivity contribution in [3.63, 3.8) is 0 Å². The normalized spacial score (nSPS) is 19.8. The number of amides is 1. The van der Waals surface area contributed by atoms with Gasteiger partial charge in [-0.3, -0.25) is 9.89 Å². The highest BCUT2D eigenvalue weighted by molar-refractivity contribution is 6.35. The Morgan fingerprint density at radius 2 is 1.88 bits per heavy atom. The number of nitrogen functional groups attached to an aromatic ring is 1. The van der Waals surface area contributed by atoms with Crippen molar-refractivity contribution in [2.24, 2.45) is 0 Å². The highest BCUT2D eigenvalue weighted by Crippen LogP contribution is 2.44. The van der Waals surface area contributed by atoms with Gasteiger partial charge in [-0.2, -0.15) is 10.1 Å². The van der Waals surface area contributed by atoms with Crippen LogP contribution < -0.4 is 15.5 Å². The minimum Gasteiger partial charge on any atom is -0.382 e. The molecule has 3 N–H and O–H groups in total. The molecule has 4 aromatic rings. The number of hydrogen-bond acceptors (Lipinski definition) is 8. The summed E-state index contributed by atoms with van der Waals surface area (Å²) in [6.07, 6.45) is 0.455. The van der Waals surface area contributed by atoms with Crippen LogP contribution in [0.1, 0.15) is 32.8 Å². The number of nitrogens with zero attached hydrogens (tertiary/aromatic N) is 7. The first-order valence-corrected chi connectivity index (χ1v) is 14.8. The van der Waals surface area contributed by atoms with Gasteiger partial charge in [-0.15, -0.1) is 0 Å². The third kappa shape index (κ3) is 4.50. The quantitative estimate of drug-likeness (QED) is 0.349. The molecule has 0 bridgehead atoms. The molecule has 2 atom stereocenters. The maximum atomic E-state index is 16.9. The lowest BCUT2D eigenvalue weighted by Crippen LogP contribution is -2.59. The van der Waals surface area contributed by atoms with E-state index in [4.69, 9.17) is 27.3 Å². The molecule has 12 heteroatoms. The first-order chi connectivity index (χ1) is 20.0. The van der Waals surface area contributed by atoms with Crippen LogP contribution in [-0.2, 0) is 4.79 Å². The van der Waals surface area contributed by atoms with Gasteiger partial charge >= 0.3 is 0 Å². The number of fused-ring (bicyclic) bond motifs is 2. The topological polar surface area (TPSA) is 111 Å². The number of aryl methyl sites for hydroxylation is 1. The predicted octanol–water partition coefficient (Wildman–Crippen LogP) is 4.44. The molecule has 2 saturated heterocycles. The Labute approximate surface area is 249 Å². The SMILES string of the molecule is CCC(=O)N1C[C@H](C)N(c2nc(N3CC(N(C)C)C3)nc3c(F)c(-c4c(C)ccc5[nH]nc(N)c45)c(Cl)cc23)C[C@H]1C. The Morgan fingerprint density at radius 3 is 2.57 bits per heavy atom. The first kappa shape index (κ1) is 28.4. The van der Waals surface area contributed by atoms with E-state index in [1.54, 1.807) is 6.07 Å². The zero-order chi connectivity index (χ0) is 30.0. The number of carbonyl (C=O) groups excluding carboxylic acids is 1. The van der Waals surface area contributed by atoms with Crippen LogP contribution in [0.15, 0.2) is 18.2 Å². The number of carbonyl (C=O) groups is 1. The fraction of sp³-hybridized carbons (Fsp3) is 0.467. The van der Waals surface area contributed by atoms with Crippen LogP contribution in [0.2, 0.25) is 5.02 Å². The molecule has 0 aliphatic carbocycles. The van der Waals surface area contributed by atoms with Crippen LogP contribution in [0.25, 0.3) is 32.9 Å². The standard InChI is InChI=1S/C30H37ClFN9O/c1-7-22(42)40-11-17(4)41(12-16(40)3)29-19-10-20(31)24(23-15(2)8-9-21-25(23)28(33)37-36-21)26(32)27(19)34-30(35-29)39-13-18(14-39)38(5)6/h8-10,16-18H,7,11-14H2,1-6H3,(H3,33,36,37)/t16-,17+/m1/s1. The molecule has 10 nitrogen and oxygen atoms in total. The molecule has 0 saturated carbocycles. The molecule has 4 heterocycles. The summed E-state index contributed by atoms with van der Waals surface area (Å²) in [5.74, 6) is 0.980. The van der Waals surface area contributed by atoms with Crippen molar-refractivity contribution in [1.82, 2.24) is 30.0 Å².